The number of hydrogen-bond acceptors (Lipinski definition) is 3. The predicted molar refractivity (Wildman–Crippen MR) is 111 cm³/mol. The van der Waals surface area contributed by atoms with Crippen molar-refractivity contribution in [3.8, 4) is 0 Å². The van der Waals surface area contributed by atoms with Gasteiger partial charge in [-0.1, -0.05) is 40.9 Å². The maximum absolute atomic E-state index is 12.3. The molecule has 136 valence electrons. The third-order valence-corrected chi connectivity index (χ3v) is 6.19. The lowest BCUT2D eigenvalue weighted by molar-refractivity contribution is -0.111. The van der Waals surface area contributed by atoms with E-state index < -0.39 is 5.91 Å². The van der Waals surface area contributed by atoms with Crippen molar-refractivity contribution in [2.45, 2.75) is 38.5 Å². The first-order valence-electron chi connectivity index (χ1n) is 8.73. The van der Waals surface area contributed by atoms with E-state index in [0.717, 1.165) is 41.3 Å². The minimum atomic E-state index is -0.463. The van der Waals surface area contributed by atoms with Crippen LogP contribution in [-0.2, 0) is 17.6 Å². The summed E-state index contributed by atoms with van der Waals surface area (Å²) in [5.41, 5.74) is 8.08. The standard InChI is InChI=1S/C20H21BrN2O2S/c21-14-10-7-13(8-11-14)9-12-17(24)23-20-18(19(22)25)15-5-3-1-2-4-6-16(15)26-20/h7-12H,1-6H2,(H2,22,25)(H,23,24)/b12-9+. The van der Waals surface area contributed by atoms with E-state index in [9.17, 15) is 9.59 Å². The molecule has 4 nitrogen and oxygen atoms in total. The Morgan fingerprint density at radius 2 is 1.77 bits per heavy atom. The molecular formula is C20H21BrN2O2S. The number of amides is 2. The monoisotopic (exact) mass is 432 g/mol. The number of fused-ring (bicyclic) bond motifs is 1. The zero-order valence-corrected chi connectivity index (χ0v) is 16.8. The summed E-state index contributed by atoms with van der Waals surface area (Å²) in [6, 6.07) is 7.67. The van der Waals surface area contributed by atoms with Gasteiger partial charge in [-0.05, 0) is 55.0 Å². The van der Waals surface area contributed by atoms with Gasteiger partial charge in [-0.25, -0.2) is 0 Å². The average molecular weight is 433 g/mol. The van der Waals surface area contributed by atoms with Crippen molar-refractivity contribution in [1.82, 2.24) is 0 Å². The summed E-state index contributed by atoms with van der Waals surface area (Å²) in [6.07, 6.45) is 9.58. The van der Waals surface area contributed by atoms with E-state index in [1.807, 2.05) is 24.3 Å². The van der Waals surface area contributed by atoms with Crippen LogP contribution in [-0.4, -0.2) is 11.8 Å². The topological polar surface area (TPSA) is 72.2 Å². The Bertz CT molecular complexity index is 840. The molecule has 6 heteroatoms. The number of rotatable bonds is 4. The van der Waals surface area contributed by atoms with E-state index in [0.29, 0.717) is 10.6 Å². The highest BCUT2D eigenvalue weighted by Crippen LogP contribution is 2.36. The first kappa shape index (κ1) is 18.9. The van der Waals surface area contributed by atoms with Gasteiger partial charge in [-0.3, -0.25) is 9.59 Å². The maximum atomic E-state index is 12.3. The van der Waals surface area contributed by atoms with Gasteiger partial charge >= 0.3 is 0 Å². The van der Waals surface area contributed by atoms with E-state index in [2.05, 4.69) is 21.2 Å². The second kappa shape index (κ2) is 8.64. The minimum absolute atomic E-state index is 0.260. The van der Waals surface area contributed by atoms with Crippen molar-refractivity contribution in [3.63, 3.8) is 0 Å². The molecule has 1 heterocycles. The summed E-state index contributed by atoms with van der Waals surface area (Å²) in [5, 5.41) is 3.43. The molecule has 1 aromatic carbocycles. The van der Waals surface area contributed by atoms with E-state index >= 15 is 0 Å². The smallest absolute Gasteiger partial charge is 0.251 e. The van der Waals surface area contributed by atoms with Crippen molar-refractivity contribution in [2.75, 3.05) is 5.32 Å². The van der Waals surface area contributed by atoms with Crippen molar-refractivity contribution < 1.29 is 9.59 Å². The van der Waals surface area contributed by atoms with Gasteiger partial charge < -0.3 is 11.1 Å². The maximum Gasteiger partial charge on any atom is 0.251 e. The Balaban J connectivity index is 1.80. The largest absolute Gasteiger partial charge is 0.365 e. The number of aryl methyl sites for hydroxylation is 1. The molecule has 0 saturated carbocycles. The molecule has 3 N–H and O–H groups in total. The number of thiophene rings is 1. The molecule has 1 aromatic heterocycles. The lowest BCUT2D eigenvalue weighted by atomic mass is 9.96. The van der Waals surface area contributed by atoms with Gasteiger partial charge in [0.05, 0.1) is 5.56 Å². The van der Waals surface area contributed by atoms with Crippen molar-refractivity contribution in [1.29, 1.82) is 0 Å². The fourth-order valence-electron chi connectivity index (χ4n) is 3.17. The number of hydrogen-bond donors (Lipinski definition) is 2. The molecule has 0 atom stereocenters. The molecular weight excluding hydrogens is 412 g/mol. The van der Waals surface area contributed by atoms with Crippen LogP contribution < -0.4 is 11.1 Å². The summed E-state index contributed by atoms with van der Waals surface area (Å²) in [5.74, 6) is -0.722. The number of carbonyl (C=O) groups excluding carboxylic acids is 2. The molecule has 2 aromatic rings. The molecule has 0 unspecified atom stereocenters. The van der Waals surface area contributed by atoms with E-state index in [4.69, 9.17) is 5.73 Å². The van der Waals surface area contributed by atoms with Crippen LogP contribution in [0.4, 0.5) is 5.00 Å². The third kappa shape index (κ3) is 4.62. The molecule has 0 fully saturated rings. The molecule has 0 radical (unpaired) electrons. The van der Waals surface area contributed by atoms with Crippen LogP contribution in [0.2, 0.25) is 0 Å². The Labute approximate surface area is 165 Å². The van der Waals surface area contributed by atoms with Crippen LogP contribution in [0.1, 0.15) is 52.0 Å². The minimum Gasteiger partial charge on any atom is -0.365 e. The summed E-state index contributed by atoms with van der Waals surface area (Å²) in [7, 11) is 0. The number of halogens is 1. The van der Waals surface area contributed by atoms with Crippen LogP contribution in [0.5, 0.6) is 0 Å². The highest BCUT2D eigenvalue weighted by atomic mass is 79.9. The molecule has 1 aliphatic carbocycles. The van der Waals surface area contributed by atoms with Gasteiger partial charge in [0, 0.05) is 15.4 Å². The summed E-state index contributed by atoms with van der Waals surface area (Å²) < 4.78 is 0.987. The number of nitrogens with one attached hydrogen (secondary N) is 1. The van der Waals surface area contributed by atoms with E-state index in [1.165, 1.54) is 35.1 Å². The van der Waals surface area contributed by atoms with Crippen molar-refractivity contribution >= 4 is 50.2 Å². The van der Waals surface area contributed by atoms with Gasteiger partial charge in [-0.2, -0.15) is 0 Å². The Hall–Kier alpha value is -1.92. The summed E-state index contributed by atoms with van der Waals surface area (Å²) in [6.45, 7) is 0. The quantitative estimate of drug-likeness (QED) is 0.672. The highest BCUT2D eigenvalue weighted by molar-refractivity contribution is 9.10. The zero-order chi connectivity index (χ0) is 18.5. The number of nitrogens with two attached hydrogens (primary N) is 1. The number of primary amides is 1. The molecule has 0 bridgehead atoms. The van der Waals surface area contributed by atoms with Gasteiger partial charge in [0.25, 0.3) is 5.91 Å². The van der Waals surface area contributed by atoms with Crippen molar-refractivity contribution in [3.05, 3.63) is 56.4 Å². The first-order chi connectivity index (χ1) is 12.5. The van der Waals surface area contributed by atoms with Gasteiger partial charge in [0.2, 0.25) is 5.91 Å². The lowest BCUT2D eigenvalue weighted by Crippen LogP contribution is -2.17. The second-order valence-corrected chi connectivity index (χ2v) is 8.38. The molecule has 0 saturated heterocycles. The predicted octanol–water partition coefficient (Wildman–Crippen LogP) is 4.92. The van der Waals surface area contributed by atoms with Crippen molar-refractivity contribution in [2.24, 2.45) is 5.73 Å². The van der Waals surface area contributed by atoms with Crippen LogP contribution in [0.15, 0.2) is 34.8 Å². The molecule has 2 amide bonds. The lowest BCUT2D eigenvalue weighted by Gasteiger charge is -2.10. The summed E-state index contributed by atoms with van der Waals surface area (Å²) >= 11 is 4.88. The van der Waals surface area contributed by atoms with E-state index in [1.54, 1.807) is 6.08 Å². The Kier molecular flexibility index (Phi) is 6.27. The molecule has 0 spiro atoms. The van der Waals surface area contributed by atoms with Crippen LogP contribution >= 0.6 is 27.3 Å². The van der Waals surface area contributed by atoms with Crippen LogP contribution in [0.25, 0.3) is 6.08 Å². The number of carbonyl (C=O) groups is 2. The molecule has 0 aliphatic heterocycles. The molecule has 3 rings (SSSR count). The van der Waals surface area contributed by atoms with Gasteiger partial charge in [0.15, 0.2) is 0 Å². The Morgan fingerprint density at radius 1 is 1.08 bits per heavy atom. The average Bonchev–Trinajstić information content (AvgIpc) is 2.91. The normalized spacial score (nSPS) is 14.5. The molecule has 1 aliphatic rings. The number of anilines is 1. The van der Waals surface area contributed by atoms with Gasteiger partial charge in [-0.15, -0.1) is 11.3 Å². The van der Waals surface area contributed by atoms with E-state index in [-0.39, 0.29) is 5.91 Å². The SMILES string of the molecule is NC(=O)c1c(NC(=O)/C=C/c2ccc(Br)cc2)sc2c1CCCCCC2. The Morgan fingerprint density at radius 3 is 2.46 bits per heavy atom. The fourth-order valence-corrected chi connectivity index (χ4v) is 4.73. The molecule has 26 heavy (non-hydrogen) atoms. The fraction of sp³-hybridized carbons (Fsp3) is 0.300. The first-order valence-corrected chi connectivity index (χ1v) is 10.3. The van der Waals surface area contributed by atoms with Crippen LogP contribution in [0, 0.1) is 0 Å². The summed E-state index contributed by atoms with van der Waals surface area (Å²) in [4.78, 5) is 25.5. The van der Waals surface area contributed by atoms with Crippen LogP contribution in [0.3, 0.4) is 0 Å². The highest BCUT2D eigenvalue weighted by Gasteiger charge is 2.23. The number of benzene rings is 1. The van der Waals surface area contributed by atoms with Gasteiger partial charge in [0.1, 0.15) is 5.00 Å². The third-order valence-electron chi connectivity index (χ3n) is 4.45. The second-order valence-electron chi connectivity index (χ2n) is 6.36. The zero-order valence-electron chi connectivity index (χ0n) is 14.4.